The second kappa shape index (κ2) is 28.5. The van der Waals surface area contributed by atoms with Gasteiger partial charge < -0.3 is 36.4 Å². The molecule has 15 rings (SSSR count). The number of hydrazone groups is 1. The minimum atomic E-state index is -1.02. The lowest BCUT2D eigenvalue weighted by Gasteiger charge is -2.21. The van der Waals surface area contributed by atoms with Crippen molar-refractivity contribution >= 4 is 115 Å². The number of aryl methyl sites for hydroxylation is 11. The van der Waals surface area contributed by atoms with Crippen molar-refractivity contribution in [2.24, 2.45) is 25.6 Å². The van der Waals surface area contributed by atoms with Crippen LogP contribution in [0.25, 0.3) is 42.7 Å². The van der Waals surface area contributed by atoms with Crippen LogP contribution in [0.1, 0.15) is 104 Å². The smallest absolute Gasteiger partial charge is 0.345 e. The zero-order valence-electron chi connectivity index (χ0n) is 54.0. The Hall–Kier alpha value is -11.1. The molecule has 0 atom stereocenters. The zero-order chi connectivity index (χ0) is 69.5. The number of phenols is 3. The van der Waals surface area contributed by atoms with Crippen LogP contribution in [-0.2, 0) is 43.3 Å². The highest BCUT2D eigenvalue weighted by atomic mass is 79.9. The lowest BCUT2D eigenvalue weighted by Crippen LogP contribution is -2.20. The molecule has 23 nitrogen and oxygen atoms in total. The molecule has 0 bridgehead atoms. The Morgan fingerprint density at radius 1 is 0.455 bits per heavy atom. The number of hydrogen-bond acceptors (Lipinski definition) is 18. The average Bonchev–Trinajstić information content (AvgIpc) is 1.72. The summed E-state index contributed by atoms with van der Waals surface area (Å²) in [7, 11) is 0. The monoisotopic (exact) mass is 1450 g/mol. The number of carboxylic acids is 3. The fourth-order valence-electron chi connectivity index (χ4n) is 11.4. The fourth-order valence-corrected chi connectivity index (χ4v) is 14.0. The van der Waals surface area contributed by atoms with E-state index in [1.165, 1.54) is 72.4 Å². The molecule has 27 heteroatoms. The number of carbonyl (C=O) groups is 4. The standard InChI is InChI=1S/2C24H20N4O4S.C12H12N2O.C12H11NO3S.BrH/c2*1-12-9-17(19-7-8-20(33-19)24(31)32)22(29)18(10-12)25-26-21-13(2)27-28(23(21)30)16-6-5-14-3-4-15(14)11-16;1-8-6-12(15)14(13-8)11-5-4-9-2-3-10(9)7-11;1-6-4-7(11(14)8(13)5-6)9-2-3-10(17-9)12(15)16;/h2*5-11,27,29H,3-4H2,1-2H3,(H,31,32);4-5,7H,2-3,6H2,1H3;2-5,14H,13H2,1H3,(H,15,16);1H. The van der Waals surface area contributed by atoms with Gasteiger partial charge in [0.2, 0.25) is 0 Å². The van der Waals surface area contributed by atoms with Gasteiger partial charge in [-0.25, -0.2) is 28.8 Å². The van der Waals surface area contributed by atoms with E-state index in [-0.39, 0.29) is 88.6 Å². The number of thiophene rings is 3. The van der Waals surface area contributed by atoms with Gasteiger partial charge in [-0.15, -0.1) is 71.4 Å². The molecule has 0 saturated heterocycles. The van der Waals surface area contributed by atoms with Crippen LogP contribution in [-0.4, -0.2) is 79.7 Å². The number of aromatic carboxylic acids is 3. The molecule has 0 saturated carbocycles. The summed E-state index contributed by atoms with van der Waals surface area (Å²) < 4.78 is 2.89. The largest absolute Gasteiger partial charge is 0.505 e. The number of carboxylic acid groups (broad SMARTS) is 3. The molecule has 10 N–H and O–H groups in total. The molecular weight excluding hydrogens is 1390 g/mol. The van der Waals surface area contributed by atoms with Crippen molar-refractivity contribution in [1.82, 2.24) is 19.6 Å². The molecular formula is C72H64BrN11O12S3. The van der Waals surface area contributed by atoms with Crippen molar-refractivity contribution in [3.05, 3.63) is 224 Å². The topological polar surface area (TPSA) is 356 Å². The highest BCUT2D eigenvalue weighted by molar-refractivity contribution is 8.93. The number of nitrogens with zero attached hydrogens (tertiary/aromatic N) is 8. The molecule has 0 fully saturated rings. The lowest BCUT2D eigenvalue weighted by atomic mass is 9.88. The fraction of sp³-hybridized carbons (Fsp3) is 0.181. The summed E-state index contributed by atoms with van der Waals surface area (Å²) in [4.78, 5) is 73.3. The van der Waals surface area contributed by atoms with E-state index in [2.05, 4.69) is 47.9 Å². The van der Waals surface area contributed by atoms with Gasteiger partial charge in [0.1, 0.15) is 31.8 Å². The zero-order valence-corrected chi connectivity index (χ0v) is 58.2. The number of nitrogen functional groups attached to an aromatic ring is 1. The minimum Gasteiger partial charge on any atom is -0.505 e. The van der Waals surface area contributed by atoms with Crippen LogP contribution in [0.15, 0.2) is 163 Å². The van der Waals surface area contributed by atoms with E-state index in [9.17, 15) is 54.3 Å². The number of anilines is 2. The number of carbonyl (C=O) groups excluding carboxylic acids is 1. The first-order valence-electron chi connectivity index (χ1n) is 30.8. The number of nitrogens with one attached hydrogen (secondary N) is 2. The van der Waals surface area contributed by atoms with Crippen molar-refractivity contribution in [2.75, 3.05) is 10.7 Å². The highest BCUT2D eigenvalue weighted by Gasteiger charge is 2.26. The van der Waals surface area contributed by atoms with Gasteiger partial charge in [-0.1, -0.05) is 18.2 Å². The van der Waals surface area contributed by atoms with E-state index >= 15 is 0 Å². The van der Waals surface area contributed by atoms with Gasteiger partial charge in [0.05, 0.1) is 40.6 Å². The number of aromatic nitrogens is 4. The molecule has 504 valence electrons. The van der Waals surface area contributed by atoms with Gasteiger partial charge in [0, 0.05) is 37.0 Å². The SMILES string of the molecule is Br.CC1=NN(c2ccc3c(c2)CC3)C(=O)C1.Cc1cc(N)c(O)c(-c2ccc(C(=O)O)s2)c1.Cc1cc(N=Nc2c(C)[nH]n(-c3ccc4c(c3)CC4)c2=O)c(O)c(-c2ccc(C(=O)O)s2)c1.Cc1cc(N=Nc2c(C)[nH]n(-c3ccc4c(c3)CC4)c2=O)c(O)c(-c2ccc(C(=O)O)s2)c1. The Kier molecular flexibility index (Phi) is 19.9. The predicted molar refractivity (Wildman–Crippen MR) is 389 cm³/mol. The van der Waals surface area contributed by atoms with Crippen molar-refractivity contribution in [2.45, 2.75) is 86.5 Å². The summed E-state index contributed by atoms with van der Waals surface area (Å²) in [5.41, 5.74) is 22.3. The van der Waals surface area contributed by atoms with Crippen LogP contribution >= 0.6 is 51.0 Å². The molecule has 1 aliphatic heterocycles. The molecule has 0 radical (unpaired) electrons. The van der Waals surface area contributed by atoms with Crippen LogP contribution in [0.4, 0.5) is 34.1 Å². The van der Waals surface area contributed by atoms with Gasteiger partial charge in [-0.3, -0.25) is 24.6 Å². The number of fused-ring (bicyclic) bond motifs is 3. The Balaban J connectivity index is 0.000000140. The van der Waals surface area contributed by atoms with Crippen molar-refractivity contribution in [3.63, 3.8) is 0 Å². The Labute approximate surface area is 587 Å². The van der Waals surface area contributed by atoms with Gasteiger partial charge >= 0.3 is 17.9 Å². The number of azo groups is 2. The molecule has 99 heavy (non-hydrogen) atoms. The Morgan fingerprint density at radius 3 is 1.14 bits per heavy atom. The van der Waals surface area contributed by atoms with E-state index in [1.807, 2.05) is 70.2 Å². The van der Waals surface area contributed by atoms with Crippen LogP contribution in [0, 0.1) is 34.6 Å². The number of benzene rings is 6. The first-order valence-corrected chi connectivity index (χ1v) is 33.3. The van der Waals surface area contributed by atoms with Gasteiger partial charge in [-0.2, -0.15) is 5.10 Å². The molecule has 1 amide bonds. The summed E-state index contributed by atoms with van der Waals surface area (Å²) in [6, 6.07) is 37.8. The van der Waals surface area contributed by atoms with E-state index in [0.717, 1.165) is 106 Å². The molecule has 0 unspecified atom stereocenters. The Bertz CT molecular complexity index is 5090. The first-order chi connectivity index (χ1) is 46.8. The summed E-state index contributed by atoms with van der Waals surface area (Å²) in [5, 5.41) is 87.1. The number of amides is 1. The van der Waals surface area contributed by atoms with E-state index in [0.29, 0.717) is 54.8 Å². The molecule has 11 aromatic rings. The second-order valence-electron chi connectivity index (χ2n) is 23.9. The number of aromatic amines is 2. The number of hydrogen-bond donors (Lipinski definition) is 9. The molecule has 6 heterocycles. The number of H-pyrrole nitrogens is 2. The number of halogens is 1. The molecule has 0 spiro atoms. The molecule has 5 aromatic heterocycles. The van der Waals surface area contributed by atoms with E-state index < -0.39 is 17.9 Å². The summed E-state index contributed by atoms with van der Waals surface area (Å²) in [6.45, 7) is 10.9. The van der Waals surface area contributed by atoms with Crippen LogP contribution in [0.5, 0.6) is 17.2 Å². The Morgan fingerprint density at radius 2 is 0.808 bits per heavy atom. The number of phenolic OH excluding ortho intramolecular Hbond substituents is 3. The number of rotatable bonds is 13. The highest BCUT2D eigenvalue weighted by Crippen LogP contribution is 2.44. The molecule has 4 aliphatic rings. The van der Waals surface area contributed by atoms with Crippen molar-refractivity contribution in [1.29, 1.82) is 0 Å². The molecule has 6 aromatic carbocycles. The third-order valence-electron chi connectivity index (χ3n) is 16.8. The van der Waals surface area contributed by atoms with Gasteiger partial charge in [-0.05, 0) is 239 Å². The van der Waals surface area contributed by atoms with Gasteiger partial charge in [0.15, 0.2) is 22.9 Å². The maximum atomic E-state index is 13.0. The van der Waals surface area contributed by atoms with Crippen LogP contribution in [0.3, 0.4) is 0 Å². The maximum Gasteiger partial charge on any atom is 0.345 e. The van der Waals surface area contributed by atoms with E-state index in [1.54, 1.807) is 68.4 Å². The lowest BCUT2D eigenvalue weighted by molar-refractivity contribution is -0.116. The third kappa shape index (κ3) is 14.5. The maximum absolute atomic E-state index is 13.0. The van der Waals surface area contributed by atoms with Crippen molar-refractivity contribution in [3.8, 4) is 59.9 Å². The van der Waals surface area contributed by atoms with Gasteiger partial charge in [0.25, 0.3) is 17.0 Å². The third-order valence-corrected chi connectivity index (χ3v) is 20.2. The minimum absolute atomic E-state index is 0. The van der Waals surface area contributed by atoms with Crippen molar-refractivity contribution < 1.29 is 49.8 Å². The molecule has 3 aliphatic carbocycles. The van der Waals surface area contributed by atoms with Crippen LogP contribution < -0.4 is 21.9 Å². The first kappa shape index (κ1) is 69.2. The number of nitrogens with two attached hydrogens (primary N) is 1. The predicted octanol–water partition coefficient (Wildman–Crippen LogP) is 16.0. The summed E-state index contributed by atoms with van der Waals surface area (Å²) in [5.74, 6) is -3.20. The summed E-state index contributed by atoms with van der Waals surface area (Å²) in [6.07, 6.45) is 6.92. The van der Waals surface area contributed by atoms with E-state index in [4.69, 9.17) is 10.8 Å². The normalized spacial score (nSPS) is 13.1. The second-order valence-corrected chi connectivity index (χ2v) is 27.2. The number of aromatic hydroxyl groups is 3. The average molecular weight is 1450 g/mol. The summed E-state index contributed by atoms with van der Waals surface area (Å²) >= 11 is 3.24. The quantitative estimate of drug-likeness (QED) is 0.0295. The van der Waals surface area contributed by atoms with Crippen LogP contribution in [0.2, 0.25) is 0 Å².